The van der Waals surface area contributed by atoms with Crippen LogP contribution in [0.4, 0.5) is 0 Å². The van der Waals surface area contributed by atoms with E-state index in [-0.39, 0.29) is 63.1 Å². The van der Waals surface area contributed by atoms with Crippen molar-refractivity contribution < 1.29 is 29.6 Å². The number of hydrogen-bond acceptors (Lipinski definition) is 7. The molecule has 7 heteroatoms. The number of phenolic OH excluding ortho intramolecular Hbond substituents is 1. The second-order valence-corrected chi connectivity index (χ2v) is 18.7. The zero-order valence-electron chi connectivity index (χ0n) is 30.5. The number of Topliss-reactive ketones (excluding diaryl/α,β-unsaturated/α-hetero) is 2. The summed E-state index contributed by atoms with van der Waals surface area (Å²) >= 11 is 0. The van der Waals surface area contributed by atoms with Crippen LogP contribution in [0.2, 0.25) is 0 Å². The zero-order chi connectivity index (χ0) is 34.8. The molecule has 11 unspecified atom stereocenters. The highest BCUT2D eigenvalue weighted by molar-refractivity contribution is 6.01. The van der Waals surface area contributed by atoms with Crippen LogP contribution in [0.25, 0.3) is 0 Å². The fourth-order valence-corrected chi connectivity index (χ4v) is 13.6. The maximum absolute atomic E-state index is 15.2. The molecule has 6 aliphatic rings. The van der Waals surface area contributed by atoms with Gasteiger partial charge >= 0.3 is 0 Å². The summed E-state index contributed by atoms with van der Waals surface area (Å²) in [6.45, 7) is 17.6. The number of aliphatic hydroxyl groups excluding tert-OH is 2. The Balaban J connectivity index is 1.40. The van der Waals surface area contributed by atoms with Gasteiger partial charge in [-0.1, -0.05) is 58.7 Å². The first kappa shape index (κ1) is 34.4. The molecule has 1 saturated heterocycles. The molecule has 5 bridgehead atoms. The molecule has 48 heavy (non-hydrogen) atoms. The van der Waals surface area contributed by atoms with Crippen LogP contribution in [-0.2, 0) is 19.7 Å². The van der Waals surface area contributed by atoms with E-state index in [1.165, 1.54) is 5.57 Å². The number of ketones is 2. The summed E-state index contributed by atoms with van der Waals surface area (Å²) in [5, 5.41) is 36.1. The molecule has 1 aliphatic heterocycles. The van der Waals surface area contributed by atoms with E-state index in [1.54, 1.807) is 6.07 Å². The SMILES string of the molecule is CC(O)CNC1CC2(C)C3CCC4=C(C(C)CC(O)C5OC5(C)C)C(=O)CC42CCCC2(c4cccc(O)c4)CC3(C)C1C(C)(C)C2=O. The lowest BCUT2D eigenvalue weighted by atomic mass is 9.33. The lowest BCUT2D eigenvalue weighted by Gasteiger charge is -2.71. The lowest BCUT2D eigenvalue weighted by Crippen LogP contribution is -2.72. The van der Waals surface area contributed by atoms with Gasteiger partial charge in [-0.2, -0.15) is 0 Å². The molecule has 4 N–H and O–H groups in total. The number of phenols is 1. The van der Waals surface area contributed by atoms with Gasteiger partial charge in [0.2, 0.25) is 0 Å². The molecule has 5 aliphatic carbocycles. The van der Waals surface area contributed by atoms with Gasteiger partial charge in [-0.3, -0.25) is 9.59 Å². The van der Waals surface area contributed by atoms with Gasteiger partial charge in [0, 0.05) is 29.8 Å². The maximum Gasteiger partial charge on any atom is 0.160 e. The zero-order valence-corrected chi connectivity index (χ0v) is 30.5. The molecule has 1 aromatic rings. The minimum Gasteiger partial charge on any atom is -0.508 e. The Kier molecular flexibility index (Phi) is 7.86. The van der Waals surface area contributed by atoms with E-state index in [4.69, 9.17) is 4.74 Å². The van der Waals surface area contributed by atoms with Gasteiger partial charge in [-0.15, -0.1) is 0 Å². The number of hydrogen-bond donors (Lipinski definition) is 4. The number of rotatable bonds is 8. The van der Waals surface area contributed by atoms with Crippen LogP contribution in [0.15, 0.2) is 35.4 Å². The molecule has 7 nitrogen and oxygen atoms in total. The first-order valence-electron chi connectivity index (χ1n) is 18.7. The fourth-order valence-electron chi connectivity index (χ4n) is 13.6. The average molecular weight is 662 g/mol. The largest absolute Gasteiger partial charge is 0.508 e. The molecule has 0 aromatic heterocycles. The molecular formula is C41H59NO6. The van der Waals surface area contributed by atoms with Gasteiger partial charge in [0.05, 0.1) is 23.2 Å². The minimum absolute atomic E-state index is 0.00561. The van der Waals surface area contributed by atoms with Gasteiger partial charge in [-0.05, 0) is 118 Å². The van der Waals surface area contributed by atoms with Crippen molar-refractivity contribution >= 4 is 11.6 Å². The molecule has 4 saturated carbocycles. The molecule has 1 aromatic carbocycles. The van der Waals surface area contributed by atoms with E-state index >= 15 is 4.79 Å². The van der Waals surface area contributed by atoms with Gasteiger partial charge < -0.3 is 25.4 Å². The molecule has 264 valence electrons. The standard InChI is InChI=1S/C41H59NO6/c1-23(17-29(45)34-37(5,6)48-34)32-27-13-14-31-38(7)22-40(25-11-9-12-26(44)18-25)15-10-16-41(27,20-30(32)46)39(31,8)19-28(42-21-24(2)43)33(38)36(3,4)35(40)47/h9,11-12,18,23-24,28-29,31,33-34,42-45H,10,13-17,19-22H2,1-8H3. The van der Waals surface area contributed by atoms with Gasteiger partial charge in [0.15, 0.2) is 5.78 Å². The van der Waals surface area contributed by atoms with Crippen LogP contribution >= 0.6 is 0 Å². The molecule has 1 heterocycles. The second kappa shape index (κ2) is 11.0. The summed E-state index contributed by atoms with van der Waals surface area (Å²) in [7, 11) is 0. The van der Waals surface area contributed by atoms with Crippen molar-refractivity contribution in [3.05, 3.63) is 41.0 Å². The number of ether oxygens (including phenoxy) is 1. The number of carbonyl (C=O) groups is 2. The molecule has 5 fully saturated rings. The minimum atomic E-state index is -0.738. The molecule has 11 atom stereocenters. The predicted molar refractivity (Wildman–Crippen MR) is 185 cm³/mol. The number of carbonyl (C=O) groups excluding carboxylic acids is 2. The van der Waals surface area contributed by atoms with Gasteiger partial charge in [0.1, 0.15) is 17.6 Å². The quantitative estimate of drug-likeness (QED) is 0.238. The Morgan fingerprint density at radius 3 is 2.40 bits per heavy atom. The first-order valence-corrected chi connectivity index (χ1v) is 18.7. The van der Waals surface area contributed by atoms with Crippen LogP contribution in [0.3, 0.4) is 0 Å². The maximum atomic E-state index is 15.2. The van der Waals surface area contributed by atoms with Crippen molar-refractivity contribution in [1.29, 1.82) is 0 Å². The van der Waals surface area contributed by atoms with Crippen LogP contribution in [0, 0.1) is 39.4 Å². The highest BCUT2D eigenvalue weighted by atomic mass is 16.6. The highest BCUT2D eigenvalue weighted by Gasteiger charge is 2.74. The van der Waals surface area contributed by atoms with Crippen LogP contribution in [0.1, 0.15) is 119 Å². The van der Waals surface area contributed by atoms with Crippen LogP contribution < -0.4 is 5.32 Å². The van der Waals surface area contributed by atoms with Gasteiger partial charge in [-0.25, -0.2) is 0 Å². The molecule has 0 amide bonds. The Labute approximate surface area is 287 Å². The van der Waals surface area contributed by atoms with E-state index in [0.29, 0.717) is 31.7 Å². The number of nitrogens with one attached hydrogen (secondary N) is 1. The number of benzene rings is 1. The van der Waals surface area contributed by atoms with Crippen LogP contribution in [-0.4, -0.2) is 63.4 Å². The topological polar surface area (TPSA) is 119 Å². The smallest absolute Gasteiger partial charge is 0.160 e. The lowest BCUT2D eigenvalue weighted by molar-refractivity contribution is -0.201. The normalized spacial score (nSPS) is 42.8. The third-order valence-electron chi connectivity index (χ3n) is 15.0. The summed E-state index contributed by atoms with van der Waals surface area (Å²) in [6, 6.07) is 7.43. The van der Waals surface area contributed by atoms with E-state index < -0.39 is 23.0 Å². The molecule has 1 spiro atoms. The number of aliphatic hydroxyl groups is 2. The number of allylic oxidation sites excluding steroid dienone is 2. The predicted octanol–water partition coefficient (Wildman–Crippen LogP) is 6.41. The summed E-state index contributed by atoms with van der Waals surface area (Å²) < 4.78 is 5.79. The van der Waals surface area contributed by atoms with Crippen molar-refractivity contribution in [2.24, 2.45) is 39.4 Å². The number of epoxide rings is 1. The Morgan fingerprint density at radius 1 is 1.04 bits per heavy atom. The van der Waals surface area contributed by atoms with Crippen molar-refractivity contribution in [1.82, 2.24) is 5.32 Å². The molecule has 0 radical (unpaired) electrons. The van der Waals surface area contributed by atoms with E-state index in [9.17, 15) is 20.1 Å². The van der Waals surface area contributed by atoms with E-state index in [0.717, 1.165) is 49.7 Å². The van der Waals surface area contributed by atoms with Crippen LogP contribution in [0.5, 0.6) is 5.75 Å². The summed E-state index contributed by atoms with van der Waals surface area (Å²) in [4.78, 5) is 29.7. The number of fused-ring (bicyclic) bond motifs is 1. The van der Waals surface area contributed by atoms with Crippen molar-refractivity contribution in [3.63, 3.8) is 0 Å². The van der Waals surface area contributed by atoms with Crippen molar-refractivity contribution in [3.8, 4) is 5.75 Å². The van der Waals surface area contributed by atoms with E-state index in [1.807, 2.05) is 39.0 Å². The third-order valence-corrected chi connectivity index (χ3v) is 15.0. The third kappa shape index (κ3) is 4.65. The van der Waals surface area contributed by atoms with Crippen molar-refractivity contribution in [2.45, 2.75) is 149 Å². The fraction of sp³-hybridized carbons (Fsp3) is 0.756. The van der Waals surface area contributed by atoms with E-state index in [2.05, 4.69) is 39.9 Å². The molecular weight excluding hydrogens is 602 g/mol. The summed E-state index contributed by atoms with van der Waals surface area (Å²) in [5.41, 5.74) is 0.728. The average Bonchev–Trinajstić information content (AvgIpc) is 3.52. The first-order chi connectivity index (χ1) is 22.3. The number of aromatic hydroxyl groups is 1. The second-order valence-electron chi connectivity index (χ2n) is 18.7. The monoisotopic (exact) mass is 661 g/mol. The summed E-state index contributed by atoms with van der Waals surface area (Å²) in [6.07, 6.45) is 5.46. The Bertz CT molecular complexity index is 1540. The Hall–Kier alpha value is -2.06. The molecule has 7 rings (SSSR count). The van der Waals surface area contributed by atoms with Crippen molar-refractivity contribution in [2.75, 3.05) is 6.54 Å². The summed E-state index contributed by atoms with van der Waals surface area (Å²) in [5.74, 6) is 0.964. The highest BCUT2D eigenvalue weighted by Crippen LogP contribution is 2.77. The van der Waals surface area contributed by atoms with Gasteiger partial charge in [0.25, 0.3) is 0 Å². The Morgan fingerprint density at radius 2 is 1.75 bits per heavy atom.